The van der Waals surface area contributed by atoms with Gasteiger partial charge in [0, 0.05) is 30.6 Å². The molecule has 1 N–H and O–H groups in total. The number of aromatic nitrogens is 2. The number of nitrogens with zero attached hydrogens (tertiary/aromatic N) is 4. The standard InChI is InChI=1S/C23H23N5O2/c1-16-20(17(2)27(25-16)18-9-5-3-6-10-18)15-24-23(30)21-13-14-22(29)28(26-21)19-11-7-4-8-12-19/h3-12H,13-15H2,1-2H3,(H,24,30). The zero-order valence-electron chi connectivity index (χ0n) is 17.0. The van der Waals surface area contributed by atoms with Crippen LogP contribution in [0.4, 0.5) is 5.69 Å². The smallest absolute Gasteiger partial charge is 0.267 e. The van der Waals surface area contributed by atoms with Crippen LogP contribution in [0.1, 0.15) is 29.8 Å². The van der Waals surface area contributed by atoms with Gasteiger partial charge in [0.2, 0.25) is 5.91 Å². The number of hydrogen-bond acceptors (Lipinski definition) is 4. The van der Waals surface area contributed by atoms with E-state index in [9.17, 15) is 9.59 Å². The van der Waals surface area contributed by atoms with E-state index in [1.165, 1.54) is 5.01 Å². The number of hydrazone groups is 1. The van der Waals surface area contributed by atoms with Gasteiger partial charge >= 0.3 is 0 Å². The lowest BCUT2D eigenvalue weighted by molar-refractivity contribution is -0.119. The van der Waals surface area contributed by atoms with Gasteiger partial charge in [-0.25, -0.2) is 9.69 Å². The second-order valence-corrected chi connectivity index (χ2v) is 7.17. The van der Waals surface area contributed by atoms with Crippen LogP contribution >= 0.6 is 0 Å². The van der Waals surface area contributed by atoms with Crippen molar-refractivity contribution in [3.05, 3.63) is 77.6 Å². The lowest BCUT2D eigenvalue weighted by Gasteiger charge is -2.23. The summed E-state index contributed by atoms with van der Waals surface area (Å²) in [6, 6.07) is 19.0. The van der Waals surface area contributed by atoms with Crippen LogP contribution in [0, 0.1) is 13.8 Å². The molecule has 7 heteroatoms. The fourth-order valence-electron chi connectivity index (χ4n) is 3.51. The summed E-state index contributed by atoms with van der Waals surface area (Å²) in [4.78, 5) is 25.0. The van der Waals surface area contributed by atoms with E-state index in [4.69, 9.17) is 0 Å². The Morgan fingerprint density at radius 2 is 1.60 bits per heavy atom. The molecule has 2 aromatic carbocycles. The van der Waals surface area contributed by atoms with Crippen LogP contribution in [0.5, 0.6) is 0 Å². The molecular weight excluding hydrogens is 378 g/mol. The molecule has 0 unspecified atom stereocenters. The van der Waals surface area contributed by atoms with Crippen molar-refractivity contribution in [1.82, 2.24) is 15.1 Å². The molecule has 0 fully saturated rings. The van der Waals surface area contributed by atoms with E-state index in [-0.39, 0.29) is 18.2 Å². The highest BCUT2D eigenvalue weighted by molar-refractivity contribution is 6.40. The second-order valence-electron chi connectivity index (χ2n) is 7.17. The van der Waals surface area contributed by atoms with Gasteiger partial charge in [0.05, 0.1) is 17.1 Å². The van der Waals surface area contributed by atoms with Crippen LogP contribution in [0.25, 0.3) is 5.69 Å². The number of nitrogens with one attached hydrogen (secondary N) is 1. The Balaban J connectivity index is 1.50. The highest BCUT2D eigenvalue weighted by Crippen LogP contribution is 2.20. The Labute approximate surface area is 175 Å². The largest absolute Gasteiger partial charge is 0.347 e. The van der Waals surface area contributed by atoms with Gasteiger partial charge in [0.1, 0.15) is 5.71 Å². The van der Waals surface area contributed by atoms with Gasteiger partial charge in [-0.1, -0.05) is 36.4 Å². The Bertz CT molecular complexity index is 1100. The van der Waals surface area contributed by atoms with Crippen molar-refractivity contribution in [2.24, 2.45) is 5.10 Å². The molecule has 0 atom stereocenters. The topological polar surface area (TPSA) is 79.6 Å². The van der Waals surface area contributed by atoms with Crippen molar-refractivity contribution in [2.45, 2.75) is 33.2 Å². The van der Waals surface area contributed by atoms with E-state index < -0.39 is 0 Å². The van der Waals surface area contributed by atoms with Crippen LogP contribution in [-0.2, 0) is 16.1 Å². The number of hydrogen-bond donors (Lipinski definition) is 1. The minimum atomic E-state index is -0.269. The fourth-order valence-corrected chi connectivity index (χ4v) is 3.51. The molecule has 152 valence electrons. The molecule has 30 heavy (non-hydrogen) atoms. The lowest BCUT2D eigenvalue weighted by Crippen LogP contribution is -2.39. The zero-order valence-corrected chi connectivity index (χ0v) is 17.0. The monoisotopic (exact) mass is 401 g/mol. The molecule has 0 saturated carbocycles. The third kappa shape index (κ3) is 3.87. The van der Waals surface area contributed by atoms with Crippen LogP contribution in [0.3, 0.4) is 0 Å². The van der Waals surface area contributed by atoms with Crippen molar-refractivity contribution in [3.8, 4) is 5.69 Å². The molecule has 0 bridgehead atoms. The summed E-state index contributed by atoms with van der Waals surface area (Å²) in [5, 5.41) is 13.2. The molecule has 2 amide bonds. The number of carbonyl (C=O) groups is 2. The quantitative estimate of drug-likeness (QED) is 0.712. The predicted molar refractivity (Wildman–Crippen MR) is 115 cm³/mol. The van der Waals surface area contributed by atoms with E-state index in [0.717, 1.165) is 22.6 Å². The minimum absolute atomic E-state index is 0.117. The van der Waals surface area contributed by atoms with E-state index >= 15 is 0 Å². The molecule has 1 aliphatic rings. The average molecular weight is 401 g/mol. The Kier molecular flexibility index (Phi) is 5.43. The summed E-state index contributed by atoms with van der Waals surface area (Å²) in [5.41, 5.74) is 4.80. The van der Waals surface area contributed by atoms with Gasteiger partial charge in [-0.3, -0.25) is 9.59 Å². The highest BCUT2D eigenvalue weighted by Gasteiger charge is 2.25. The maximum absolute atomic E-state index is 12.7. The number of benzene rings is 2. The first-order valence-electron chi connectivity index (χ1n) is 9.89. The second kappa shape index (κ2) is 8.32. The number of rotatable bonds is 5. The molecule has 0 saturated heterocycles. The molecule has 0 radical (unpaired) electrons. The highest BCUT2D eigenvalue weighted by atomic mass is 16.2. The van der Waals surface area contributed by atoms with Crippen molar-refractivity contribution >= 4 is 23.2 Å². The van der Waals surface area contributed by atoms with Gasteiger partial charge in [0.25, 0.3) is 5.91 Å². The first kappa shape index (κ1) is 19.6. The molecular formula is C23H23N5O2. The van der Waals surface area contributed by atoms with Crippen LogP contribution in [-0.4, -0.2) is 27.3 Å². The van der Waals surface area contributed by atoms with Crippen molar-refractivity contribution in [3.63, 3.8) is 0 Å². The number of aryl methyl sites for hydroxylation is 1. The number of amides is 2. The van der Waals surface area contributed by atoms with E-state index in [1.54, 1.807) is 12.1 Å². The van der Waals surface area contributed by atoms with Crippen LogP contribution < -0.4 is 10.3 Å². The van der Waals surface area contributed by atoms with Crippen molar-refractivity contribution in [1.29, 1.82) is 0 Å². The Morgan fingerprint density at radius 3 is 2.27 bits per heavy atom. The van der Waals surface area contributed by atoms with Gasteiger partial charge in [-0.05, 0) is 38.1 Å². The van der Waals surface area contributed by atoms with E-state index in [1.807, 2.05) is 67.1 Å². The van der Waals surface area contributed by atoms with Crippen molar-refractivity contribution in [2.75, 3.05) is 5.01 Å². The van der Waals surface area contributed by atoms with Crippen molar-refractivity contribution < 1.29 is 9.59 Å². The third-order valence-electron chi connectivity index (χ3n) is 5.16. The zero-order chi connectivity index (χ0) is 21.1. The lowest BCUT2D eigenvalue weighted by atomic mass is 10.1. The summed E-state index contributed by atoms with van der Waals surface area (Å²) in [6.45, 7) is 4.27. The van der Waals surface area contributed by atoms with Gasteiger partial charge in [0.15, 0.2) is 0 Å². The molecule has 1 aliphatic heterocycles. The molecule has 7 nitrogen and oxygen atoms in total. The molecule has 0 aliphatic carbocycles. The SMILES string of the molecule is Cc1nn(-c2ccccc2)c(C)c1CNC(=O)C1=NN(c2ccccc2)C(=O)CC1. The Hall–Kier alpha value is -3.74. The third-order valence-corrected chi connectivity index (χ3v) is 5.16. The first-order valence-corrected chi connectivity index (χ1v) is 9.89. The number of anilines is 1. The molecule has 3 aromatic rings. The summed E-state index contributed by atoms with van der Waals surface area (Å²) in [6.07, 6.45) is 0.584. The predicted octanol–water partition coefficient (Wildman–Crippen LogP) is 3.29. The molecule has 4 rings (SSSR count). The van der Waals surface area contributed by atoms with Gasteiger partial charge < -0.3 is 5.32 Å². The van der Waals surface area contributed by atoms with E-state index in [2.05, 4.69) is 15.5 Å². The van der Waals surface area contributed by atoms with E-state index in [0.29, 0.717) is 24.4 Å². The molecule has 1 aromatic heterocycles. The number of carbonyl (C=O) groups excluding carboxylic acids is 2. The van der Waals surface area contributed by atoms with Crippen LogP contribution in [0.15, 0.2) is 65.8 Å². The normalized spacial score (nSPS) is 13.9. The van der Waals surface area contributed by atoms with Crippen LogP contribution in [0.2, 0.25) is 0 Å². The number of para-hydroxylation sites is 2. The summed E-state index contributed by atoms with van der Waals surface area (Å²) in [7, 11) is 0. The summed E-state index contributed by atoms with van der Waals surface area (Å²) in [5.74, 6) is -0.386. The summed E-state index contributed by atoms with van der Waals surface area (Å²) < 4.78 is 1.88. The first-order chi connectivity index (χ1) is 14.5. The minimum Gasteiger partial charge on any atom is -0.347 e. The Morgan fingerprint density at radius 1 is 0.967 bits per heavy atom. The molecule has 2 heterocycles. The average Bonchev–Trinajstić information content (AvgIpc) is 3.07. The maximum atomic E-state index is 12.7. The summed E-state index contributed by atoms with van der Waals surface area (Å²) >= 11 is 0. The fraction of sp³-hybridized carbons (Fsp3) is 0.217. The molecule has 0 spiro atoms. The van der Waals surface area contributed by atoms with Gasteiger partial charge in [-0.2, -0.15) is 10.2 Å². The van der Waals surface area contributed by atoms with Gasteiger partial charge in [-0.15, -0.1) is 0 Å². The maximum Gasteiger partial charge on any atom is 0.267 e.